The number of nitrogens with one attached hydrogen (secondary N) is 9. The molecule has 9 N–H and O–H groups in total. The van der Waals surface area contributed by atoms with E-state index < -0.39 is 0 Å². The summed E-state index contributed by atoms with van der Waals surface area (Å²) >= 11 is 1.61. The van der Waals surface area contributed by atoms with Crippen molar-refractivity contribution in [3.63, 3.8) is 0 Å². The van der Waals surface area contributed by atoms with Crippen molar-refractivity contribution in [3.05, 3.63) is 176 Å². The van der Waals surface area contributed by atoms with E-state index in [2.05, 4.69) is 102 Å². The Bertz CT molecular complexity index is 4950. The van der Waals surface area contributed by atoms with E-state index in [0.717, 1.165) is 78.1 Å². The van der Waals surface area contributed by atoms with Gasteiger partial charge in [-0.3, -0.25) is 20.3 Å². The lowest BCUT2D eigenvalue weighted by atomic mass is 9.96. The van der Waals surface area contributed by atoms with Crippen LogP contribution in [0.15, 0.2) is 176 Å². The van der Waals surface area contributed by atoms with E-state index in [1.54, 1.807) is 45.1 Å². The fourth-order valence-electron chi connectivity index (χ4n) is 11.1. The van der Waals surface area contributed by atoms with Gasteiger partial charge in [0.1, 0.15) is 82.0 Å². The quantitative estimate of drug-likeness (QED) is 0.0410. The number of pyridine rings is 1. The fourth-order valence-corrected chi connectivity index (χ4v) is 11.8. The number of benzene rings is 4. The van der Waals surface area contributed by atoms with Crippen molar-refractivity contribution in [2.45, 2.75) is 0 Å². The Labute approximate surface area is 491 Å². The molecule has 0 bridgehead atoms. The number of nitrogens with zero attached hydrogens (tertiary/aromatic N) is 10. The van der Waals surface area contributed by atoms with Crippen molar-refractivity contribution < 1.29 is 14.2 Å². The minimum absolute atomic E-state index is 0.472. The monoisotopic (exact) mass is 1150 g/mol. The zero-order valence-corrected chi connectivity index (χ0v) is 46.7. The summed E-state index contributed by atoms with van der Waals surface area (Å²) in [6, 6.07) is 34.2. The standard InChI is InChI=1S/C63H47N19O3S/c1-83-50-13-12-34(33-9-5-4-6-10-33)21-47(50)77-62-52-43(25-66-59(52)69-31-72-62)55-41(28-76-82-55)39-20-37(45-11-7-8-16-64-45)23-49(57(39)85-3)79-63-53-44(26-67-60(53)70-32-73-63)54-40(27-75-81-54)38-19-36(35-15-18-86-29-35)22-48(56(38)84-2)78-61-51-42(46-14-17-74-80-46)24-65-58(51)68-30-71-61/h4-32H,1-3H3,(H,74,80)(H,75,81)(H,76,82)(H2,65,68,71,78)(H2,66,69,72,77)(H2,67,70,73,79). The molecule has 0 amide bonds. The molecule has 0 atom stereocenters. The molecule has 15 rings (SSSR count). The molecule has 22 nitrogen and oxygen atoms in total. The minimum Gasteiger partial charge on any atom is -0.495 e. The molecule has 11 aromatic heterocycles. The third-order valence-electron chi connectivity index (χ3n) is 15.0. The minimum atomic E-state index is 0.472. The van der Waals surface area contributed by atoms with Crippen molar-refractivity contribution >= 4 is 79.0 Å². The zero-order chi connectivity index (χ0) is 57.7. The lowest BCUT2D eigenvalue weighted by Gasteiger charge is -2.18. The topological polar surface area (TPSA) is 287 Å². The molecule has 4 aromatic carbocycles. The highest BCUT2D eigenvalue weighted by molar-refractivity contribution is 7.08. The number of aromatic amines is 6. The molecule has 0 spiro atoms. The van der Waals surface area contributed by atoms with Crippen molar-refractivity contribution in [2.75, 3.05) is 37.3 Å². The summed E-state index contributed by atoms with van der Waals surface area (Å²) in [6.45, 7) is 0. The van der Waals surface area contributed by atoms with E-state index in [1.807, 2.05) is 104 Å². The summed E-state index contributed by atoms with van der Waals surface area (Å²) < 4.78 is 18.7. The van der Waals surface area contributed by atoms with Crippen LogP contribution in [0.2, 0.25) is 0 Å². The van der Waals surface area contributed by atoms with Gasteiger partial charge in [0, 0.05) is 87.9 Å². The van der Waals surface area contributed by atoms with Gasteiger partial charge in [0.2, 0.25) is 0 Å². The van der Waals surface area contributed by atoms with Gasteiger partial charge in [0.25, 0.3) is 0 Å². The van der Waals surface area contributed by atoms with E-state index in [9.17, 15) is 0 Å². The molecule has 86 heavy (non-hydrogen) atoms. The van der Waals surface area contributed by atoms with E-state index in [1.165, 1.54) is 19.0 Å². The molecule has 23 heteroatoms. The molecule has 0 aliphatic heterocycles. The Morgan fingerprint density at radius 3 is 1.53 bits per heavy atom. The lowest BCUT2D eigenvalue weighted by Crippen LogP contribution is -2.02. The number of fused-ring (bicyclic) bond motifs is 3. The third-order valence-corrected chi connectivity index (χ3v) is 15.7. The van der Waals surface area contributed by atoms with Gasteiger partial charge >= 0.3 is 0 Å². The van der Waals surface area contributed by atoms with E-state index >= 15 is 0 Å². The van der Waals surface area contributed by atoms with Gasteiger partial charge in [0.05, 0.1) is 65.9 Å². The van der Waals surface area contributed by atoms with E-state index in [4.69, 9.17) is 49.3 Å². The second kappa shape index (κ2) is 21.4. The molecule has 0 unspecified atom stereocenters. The number of aromatic nitrogens is 16. The third kappa shape index (κ3) is 8.90. The second-order valence-corrected chi connectivity index (χ2v) is 20.6. The number of rotatable bonds is 17. The molecule has 0 radical (unpaired) electrons. The van der Waals surface area contributed by atoms with Gasteiger partial charge in [-0.2, -0.15) is 26.6 Å². The van der Waals surface area contributed by atoms with Crippen molar-refractivity contribution in [2.24, 2.45) is 0 Å². The zero-order valence-electron chi connectivity index (χ0n) is 45.8. The molecule has 15 aromatic rings. The fraction of sp³-hybridized carbons (Fsp3) is 0.0476. The molecule has 0 aliphatic rings. The molecule has 0 aliphatic carbocycles. The van der Waals surface area contributed by atoms with Crippen LogP contribution in [0.4, 0.5) is 34.5 Å². The first-order valence-electron chi connectivity index (χ1n) is 27.0. The molecule has 418 valence electrons. The largest absolute Gasteiger partial charge is 0.495 e. The normalized spacial score (nSPS) is 11.4. The maximum atomic E-state index is 6.45. The SMILES string of the molecule is COc1ccc(-c2ccccc2)cc1Nc1ncnc2[nH]cc(-c3n[nH]cc3-c3cc(-c4ccccn4)cc(Nc4ncnc5[nH]cc(-c6n[nH]cc6-c6cc(-c7ccsc7)cc(Nc7ncnc8[nH]cc(-c9cc[nH]n9)c78)c6OC)c45)c3OC)c12. The highest BCUT2D eigenvalue weighted by Crippen LogP contribution is 2.49. The Morgan fingerprint density at radius 2 is 0.977 bits per heavy atom. The Morgan fingerprint density at radius 1 is 0.407 bits per heavy atom. The maximum absolute atomic E-state index is 6.45. The van der Waals surface area contributed by atoms with Crippen molar-refractivity contribution in [3.8, 4) is 107 Å². The van der Waals surface area contributed by atoms with E-state index in [0.29, 0.717) is 96.3 Å². The first-order chi connectivity index (χ1) is 42.5. The average Bonchev–Trinajstić information content (AvgIpc) is 2.23. The molecule has 11 heterocycles. The highest BCUT2D eigenvalue weighted by Gasteiger charge is 2.28. The first-order valence-corrected chi connectivity index (χ1v) is 27.9. The number of H-pyrrole nitrogens is 6. The van der Waals surface area contributed by atoms with E-state index in [-0.39, 0.29) is 0 Å². The molecular weight excluding hydrogens is 1100 g/mol. The average molecular weight is 1150 g/mol. The van der Waals surface area contributed by atoms with Gasteiger partial charge in [-0.15, -0.1) is 0 Å². The summed E-state index contributed by atoms with van der Waals surface area (Å²) in [5.74, 6) is 3.27. The Kier molecular flexibility index (Phi) is 12.7. The van der Waals surface area contributed by atoms with Crippen LogP contribution in [0.3, 0.4) is 0 Å². The smallest absolute Gasteiger partial charge is 0.150 e. The van der Waals surface area contributed by atoms with Gasteiger partial charge < -0.3 is 45.1 Å². The van der Waals surface area contributed by atoms with Crippen LogP contribution in [0, 0.1) is 0 Å². The van der Waals surface area contributed by atoms with Crippen LogP contribution in [0.25, 0.3) is 123 Å². The highest BCUT2D eigenvalue weighted by atomic mass is 32.1. The predicted octanol–water partition coefficient (Wildman–Crippen LogP) is 13.7. The summed E-state index contributed by atoms with van der Waals surface area (Å²) in [4.78, 5) is 43.2. The molecule has 0 saturated heterocycles. The summed E-state index contributed by atoms with van der Waals surface area (Å²) in [7, 11) is 4.94. The summed E-state index contributed by atoms with van der Waals surface area (Å²) in [6.07, 6.45) is 17.4. The Hall–Kier alpha value is -12.0. The van der Waals surface area contributed by atoms with Crippen LogP contribution in [0.5, 0.6) is 17.2 Å². The lowest BCUT2D eigenvalue weighted by molar-refractivity contribution is 0.417. The maximum Gasteiger partial charge on any atom is 0.150 e. The van der Waals surface area contributed by atoms with Crippen LogP contribution >= 0.6 is 11.3 Å². The van der Waals surface area contributed by atoms with Crippen LogP contribution < -0.4 is 30.2 Å². The molecule has 0 fully saturated rings. The van der Waals surface area contributed by atoms with Crippen LogP contribution in [0.1, 0.15) is 0 Å². The molecule has 0 saturated carbocycles. The molecular formula is C63H47N19O3S. The van der Waals surface area contributed by atoms with Gasteiger partial charge in [-0.1, -0.05) is 42.5 Å². The van der Waals surface area contributed by atoms with Gasteiger partial charge in [0.15, 0.2) is 0 Å². The number of hydrogen-bond acceptors (Lipinski definition) is 17. The number of anilines is 6. The Balaban J connectivity index is 0.836. The summed E-state index contributed by atoms with van der Waals surface area (Å²) in [5.41, 5.74) is 16.5. The second-order valence-electron chi connectivity index (χ2n) is 19.8. The van der Waals surface area contributed by atoms with Crippen LogP contribution in [-0.2, 0) is 0 Å². The predicted molar refractivity (Wildman–Crippen MR) is 333 cm³/mol. The van der Waals surface area contributed by atoms with Crippen molar-refractivity contribution in [1.82, 2.24) is 80.4 Å². The first kappa shape index (κ1) is 50.9. The van der Waals surface area contributed by atoms with Crippen LogP contribution in [-0.4, -0.2) is 102 Å². The number of thiophene rings is 1. The van der Waals surface area contributed by atoms with Gasteiger partial charge in [-0.25, -0.2) is 29.9 Å². The van der Waals surface area contributed by atoms with Gasteiger partial charge in [-0.05, 0) is 93.7 Å². The number of hydrogen-bond donors (Lipinski definition) is 9. The van der Waals surface area contributed by atoms with Crippen molar-refractivity contribution in [1.29, 1.82) is 0 Å². The number of ether oxygens (including phenoxy) is 3. The summed E-state index contributed by atoms with van der Waals surface area (Å²) in [5, 5.41) is 40.7. The number of methoxy groups -OCH3 is 3.